The molecule has 1 amide bonds. The first-order valence-electron chi connectivity index (χ1n) is 6.80. The number of carbonyl (C=O) groups excluding carboxylic acids is 1. The molecule has 0 spiro atoms. The summed E-state index contributed by atoms with van der Waals surface area (Å²) in [5, 5.41) is 7.79. The predicted octanol–water partition coefficient (Wildman–Crippen LogP) is 3.76. The molecule has 1 aromatic heterocycles. The quantitative estimate of drug-likeness (QED) is 0.782. The molecule has 0 saturated heterocycles. The summed E-state index contributed by atoms with van der Waals surface area (Å²) < 4.78 is 1.64. The van der Waals surface area contributed by atoms with Crippen molar-refractivity contribution in [2.75, 3.05) is 5.32 Å². The average Bonchev–Trinajstić information content (AvgIpc) is 3.06. The molecule has 0 aliphatic rings. The zero-order valence-corrected chi connectivity index (χ0v) is 13.4. The highest BCUT2D eigenvalue weighted by atomic mass is 35.5. The summed E-state index contributed by atoms with van der Waals surface area (Å²) in [4.78, 5) is 16.0. The first-order chi connectivity index (χ1) is 11.1. The average molecular weight is 347 g/mol. The zero-order chi connectivity index (χ0) is 16.2. The van der Waals surface area contributed by atoms with Gasteiger partial charge in [0.2, 0.25) is 5.91 Å². The highest BCUT2D eigenvalue weighted by Gasteiger charge is 2.07. The minimum atomic E-state index is -0.128. The highest BCUT2D eigenvalue weighted by molar-refractivity contribution is 6.42. The Bertz CT molecular complexity index is 817. The number of hydrogen-bond donors (Lipinski definition) is 1. The molecule has 2 aromatic carbocycles. The lowest BCUT2D eigenvalue weighted by molar-refractivity contribution is -0.115. The van der Waals surface area contributed by atoms with Gasteiger partial charge in [-0.2, -0.15) is 5.10 Å². The first kappa shape index (κ1) is 15.5. The van der Waals surface area contributed by atoms with Crippen LogP contribution in [-0.4, -0.2) is 20.7 Å². The van der Waals surface area contributed by atoms with Crippen molar-refractivity contribution in [2.45, 2.75) is 6.42 Å². The van der Waals surface area contributed by atoms with Crippen molar-refractivity contribution in [3.8, 4) is 5.69 Å². The van der Waals surface area contributed by atoms with Crippen molar-refractivity contribution >= 4 is 34.8 Å². The molecule has 116 valence electrons. The Balaban J connectivity index is 1.64. The van der Waals surface area contributed by atoms with E-state index in [0.717, 1.165) is 11.3 Å². The Morgan fingerprint density at radius 3 is 2.52 bits per heavy atom. The van der Waals surface area contributed by atoms with E-state index in [2.05, 4.69) is 15.4 Å². The van der Waals surface area contributed by atoms with Crippen molar-refractivity contribution < 1.29 is 4.79 Å². The van der Waals surface area contributed by atoms with Crippen LogP contribution in [0.25, 0.3) is 5.69 Å². The van der Waals surface area contributed by atoms with Gasteiger partial charge in [0.25, 0.3) is 0 Å². The lowest BCUT2D eigenvalue weighted by Gasteiger charge is -2.07. The molecular formula is C16H12Cl2N4O. The monoisotopic (exact) mass is 346 g/mol. The Hall–Kier alpha value is -2.37. The maximum atomic E-state index is 12.1. The predicted molar refractivity (Wildman–Crippen MR) is 90.2 cm³/mol. The standard InChI is InChI=1S/C16H12Cl2N4O/c17-14-6-1-11(7-15(14)18)8-16(23)21-12-2-4-13(5-3-12)22-10-19-9-20-22/h1-7,9-10H,8H2,(H,21,23). The Morgan fingerprint density at radius 1 is 1.09 bits per heavy atom. The van der Waals surface area contributed by atoms with Crippen LogP contribution in [0.15, 0.2) is 55.1 Å². The normalized spacial score (nSPS) is 10.5. The number of hydrogen-bond acceptors (Lipinski definition) is 3. The summed E-state index contributed by atoms with van der Waals surface area (Å²) >= 11 is 11.8. The molecule has 0 aliphatic heterocycles. The second-order valence-corrected chi connectivity index (χ2v) is 5.67. The molecule has 0 aliphatic carbocycles. The molecule has 0 radical (unpaired) electrons. The molecule has 0 unspecified atom stereocenters. The van der Waals surface area contributed by atoms with E-state index >= 15 is 0 Å². The van der Waals surface area contributed by atoms with Crippen molar-refractivity contribution in [1.29, 1.82) is 0 Å². The Labute approximate surface area is 142 Å². The largest absolute Gasteiger partial charge is 0.326 e. The van der Waals surface area contributed by atoms with Gasteiger partial charge in [0.15, 0.2) is 0 Å². The van der Waals surface area contributed by atoms with Gasteiger partial charge >= 0.3 is 0 Å². The summed E-state index contributed by atoms with van der Waals surface area (Å²) in [5.74, 6) is -0.128. The van der Waals surface area contributed by atoms with Crippen molar-refractivity contribution in [3.63, 3.8) is 0 Å². The van der Waals surface area contributed by atoms with Crippen LogP contribution in [0.1, 0.15) is 5.56 Å². The summed E-state index contributed by atoms with van der Waals surface area (Å²) in [7, 11) is 0. The van der Waals surface area contributed by atoms with Gasteiger partial charge in [-0.1, -0.05) is 29.3 Å². The van der Waals surface area contributed by atoms with Gasteiger partial charge in [0, 0.05) is 5.69 Å². The molecule has 23 heavy (non-hydrogen) atoms. The fourth-order valence-electron chi connectivity index (χ4n) is 2.08. The van der Waals surface area contributed by atoms with E-state index in [9.17, 15) is 4.79 Å². The molecular weight excluding hydrogens is 335 g/mol. The number of rotatable bonds is 4. The maximum absolute atomic E-state index is 12.1. The summed E-state index contributed by atoms with van der Waals surface area (Å²) in [6.45, 7) is 0. The summed E-state index contributed by atoms with van der Waals surface area (Å²) in [6.07, 6.45) is 3.30. The molecule has 0 atom stereocenters. The zero-order valence-electron chi connectivity index (χ0n) is 11.9. The van der Waals surface area contributed by atoms with Crippen molar-refractivity contribution in [2.24, 2.45) is 0 Å². The van der Waals surface area contributed by atoms with Crippen LogP contribution in [0.2, 0.25) is 10.0 Å². The number of anilines is 1. The minimum Gasteiger partial charge on any atom is -0.326 e. The first-order valence-corrected chi connectivity index (χ1v) is 7.56. The second kappa shape index (κ2) is 6.81. The maximum Gasteiger partial charge on any atom is 0.228 e. The molecule has 3 rings (SSSR count). The lowest BCUT2D eigenvalue weighted by atomic mass is 10.1. The van der Waals surface area contributed by atoms with Crippen LogP contribution in [0.5, 0.6) is 0 Å². The van der Waals surface area contributed by atoms with E-state index in [-0.39, 0.29) is 12.3 Å². The second-order valence-electron chi connectivity index (χ2n) is 4.86. The third-order valence-electron chi connectivity index (χ3n) is 3.18. The van der Waals surface area contributed by atoms with Crippen molar-refractivity contribution in [3.05, 3.63) is 70.7 Å². The van der Waals surface area contributed by atoms with Gasteiger partial charge in [-0.15, -0.1) is 0 Å². The van der Waals surface area contributed by atoms with E-state index in [1.807, 2.05) is 24.3 Å². The molecule has 0 saturated carbocycles. The van der Waals surface area contributed by atoms with E-state index in [4.69, 9.17) is 23.2 Å². The van der Waals surface area contributed by atoms with Gasteiger partial charge in [-0.05, 0) is 42.0 Å². The number of halogens is 2. The number of benzene rings is 2. The van der Waals surface area contributed by atoms with Crippen LogP contribution in [0, 0.1) is 0 Å². The fourth-order valence-corrected chi connectivity index (χ4v) is 2.40. The van der Waals surface area contributed by atoms with Crippen LogP contribution in [0.3, 0.4) is 0 Å². The highest BCUT2D eigenvalue weighted by Crippen LogP contribution is 2.23. The van der Waals surface area contributed by atoms with Gasteiger partial charge in [-0.25, -0.2) is 9.67 Å². The Morgan fingerprint density at radius 2 is 1.87 bits per heavy atom. The van der Waals surface area contributed by atoms with Crippen LogP contribution in [0.4, 0.5) is 5.69 Å². The number of nitrogens with one attached hydrogen (secondary N) is 1. The molecule has 7 heteroatoms. The van der Waals surface area contributed by atoms with Gasteiger partial charge < -0.3 is 5.32 Å². The molecule has 1 heterocycles. The van der Waals surface area contributed by atoms with Crippen LogP contribution < -0.4 is 5.32 Å². The Kier molecular flexibility index (Phi) is 4.60. The van der Waals surface area contributed by atoms with E-state index in [1.165, 1.54) is 6.33 Å². The van der Waals surface area contributed by atoms with E-state index < -0.39 is 0 Å². The topological polar surface area (TPSA) is 59.8 Å². The third kappa shape index (κ3) is 3.88. The molecule has 0 bridgehead atoms. The van der Waals surface area contributed by atoms with Crippen LogP contribution >= 0.6 is 23.2 Å². The SMILES string of the molecule is O=C(Cc1ccc(Cl)c(Cl)c1)Nc1ccc(-n2cncn2)cc1. The number of nitrogens with zero attached hydrogens (tertiary/aromatic N) is 3. The number of aromatic nitrogens is 3. The summed E-state index contributed by atoms with van der Waals surface area (Å²) in [5.41, 5.74) is 2.38. The number of amides is 1. The number of carbonyl (C=O) groups is 1. The van der Waals surface area contributed by atoms with Gasteiger partial charge in [0.1, 0.15) is 12.7 Å². The summed E-state index contributed by atoms with van der Waals surface area (Å²) in [6, 6.07) is 12.5. The molecule has 1 N–H and O–H groups in total. The lowest BCUT2D eigenvalue weighted by Crippen LogP contribution is -2.14. The smallest absolute Gasteiger partial charge is 0.228 e. The molecule has 5 nitrogen and oxygen atoms in total. The molecule has 3 aromatic rings. The van der Waals surface area contributed by atoms with Gasteiger partial charge in [-0.3, -0.25) is 4.79 Å². The van der Waals surface area contributed by atoms with E-state index in [1.54, 1.807) is 29.2 Å². The molecule has 0 fully saturated rings. The van der Waals surface area contributed by atoms with Crippen molar-refractivity contribution in [1.82, 2.24) is 14.8 Å². The van der Waals surface area contributed by atoms with Crippen LogP contribution in [-0.2, 0) is 11.2 Å². The van der Waals surface area contributed by atoms with E-state index in [0.29, 0.717) is 15.7 Å². The minimum absolute atomic E-state index is 0.128. The van der Waals surface area contributed by atoms with Gasteiger partial charge in [0.05, 0.1) is 22.2 Å². The third-order valence-corrected chi connectivity index (χ3v) is 3.92. The fraction of sp³-hybridized carbons (Fsp3) is 0.0625.